The van der Waals surface area contributed by atoms with Crippen LogP contribution in [0.2, 0.25) is 0 Å². The molecule has 1 fully saturated rings. The van der Waals surface area contributed by atoms with Crippen LogP contribution in [0.3, 0.4) is 0 Å². The summed E-state index contributed by atoms with van der Waals surface area (Å²) in [7, 11) is 0. The first-order chi connectivity index (χ1) is 11.4. The topological polar surface area (TPSA) is 57.6 Å². The highest BCUT2D eigenvalue weighted by Gasteiger charge is 2.45. The third kappa shape index (κ3) is 4.42. The second-order valence-corrected chi connectivity index (χ2v) is 9.25. The van der Waals surface area contributed by atoms with Crippen molar-refractivity contribution in [3.05, 3.63) is 35.4 Å². The predicted octanol–water partition coefficient (Wildman–Crippen LogP) is 4.65. The Hall–Kier alpha value is -1.84. The third-order valence-corrected chi connectivity index (χ3v) is 5.18. The average molecular weight is 345 g/mol. The van der Waals surface area contributed by atoms with E-state index in [1.165, 1.54) is 10.5 Å². The fourth-order valence-electron chi connectivity index (χ4n) is 3.69. The molecule has 0 spiro atoms. The summed E-state index contributed by atoms with van der Waals surface area (Å²) in [6.45, 7) is 12.6. The van der Waals surface area contributed by atoms with Crippen LogP contribution in [0.25, 0.3) is 0 Å². The molecule has 25 heavy (non-hydrogen) atoms. The largest absolute Gasteiger partial charge is 0.465 e. The number of carbonyl (C=O) groups is 2. The van der Waals surface area contributed by atoms with E-state index in [0.717, 1.165) is 12.0 Å². The number of nitrogens with zero attached hydrogens (tertiary/aromatic N) is 1. The molecule has 1 aliphatic heterocycles. The van der Waals surface area contributed by atoms with E-state index in [0.29, 0.717) is 6.42 Å². The second-order valence-electron chi connectivity index (χ2n) is 9.25. The van der Waals surface area contributed by atoms with E-state index < -0.39 is 12.1 Å². The minimum Gasteiger partial charge on any atom is -0.465 e. The first-order valence-corrected chi connectivity index (χ1v) is 9.04. The zero-order valence-corrected chi connectivity index (χ0v) is 16.3. The molecule has 1 aromatic rings. The first kappa shape index (κ1) is 19.5. The summed E-state index contributed by atoms with van der Waals surface area (Å²) in [6.07, 6.45) is 0.664. The number of hydrogen-bond donors (Lipinski definition) is 1. The van der Waals surface area contributed by atoms with E-state index in [1.807, 2.05) is 32.9 Å². The van der Waals surface area contributed by atoms with Crippen LogP contribution in [0.5, 0.6) is 0 Å². The van der Waals surface area contributed by atoms with E-state index in [4.69, 9.17) is 0 Å². The summed E-state index contributed by atoms with van der Waals surface area (Å²) in [5.74, 6) is -0.00217. The Kier molecular flexibility index (Phi) is 5.31. The van der Waals surface area contributed by atoms with Crippen molar-refractivity contribution in [3.8, 4) is 0 Å². The van der Waals surface area contributed by atoms with Crippen LogP contribution in [0.4, 0.5) is 4.79 Å². The molecule has 4 heteroatoms. The van der Waals surface area contributed by atoms with E-state index in [2.05, 4.69) is 32.9 Å². The predicted molar refractivity (Wildman–Crippen MR) is 100.0 cm³/mol. The molecule has 0 saturated carbocycles. The van der Waals surface area contributed by atoms with Gasteiger partial charge < -0.3 is 5.11 Å². The Balaban J connectivity index is 2.13. The van der Waals surface area contributed by atoms with Crippen LogP contribution in [-0.2, 0) is 16.6 Å². The van der Waals surface area contributed by atoms with Crippen molar-refractivity contribution in [2.75, 3.05) is 0 Å². The van der Waals surface area contributed by atoms with Gasteiger partial charge in [-0.1, -0.05) is 65.8 Å². The maximum atomic E-state index is 12.8. The van der Waals surface area contributed by atoms with Crippen LogP contribution < -0.4 is 0 Å². The van der Waals surface area contributed by atoms with Gasteiger partial charge in [-0.15, -0.1) is 0 Å². The molecule has 1 aromatic carbocycles. The average Bonchev–Trinajstić information content (AvgIpc) is 2.92. The lowest BCUT2D eigenvalue weighted by Gasteiger charge is -2.35. The van der Waals surface area contributed by atoms with Gasteiger partial charge in [0.2, 0.25) is 0 Å². The van der Waals surface area contributed by atoms with Crippen LogP contribution in [0.1, 0.15) is 65.5 Å². The van der Waals surface area contributed by atoms with Crippen LogP contribution >= 0.6 is 0 Å². The SMILES string of the molecule is CC(C)(C)c1ccc(CC(=O)C2CCC(C(C)(C)C)N2C(=O)O)cc1. The smallest absolute Gasteiger partial charge is 0.408 e. The van der Waals surface area contributed by atoms with Gasteiger partial charge in [0.1, 0.15) is 0 Å². The molecule has 1 N–H and O–H groups in total. The fraction of sp³-hybridized carbons (Fsp3) is 0.619. The van der Waals surface area contributed by atoms with Crippen molar-refractivity contribution in [2.24, 2.45) is 5.41 Å². The van der Waals surface area contributed by atoms with E-state index in [1.54, 1.807) is 0 Å². The molecule has 0 aromatic heterocycles. The van der Waals surface area contributed by atoms with Gasteiger partial charge in [0.15, 0.2) is 5.78 Å². The number of carboxylic acid groups (broad SMARTS) is 1. The van der Waals surface area contributed by atoms with Crippen LogP contribution in [0.15, 0.2) is 24.3 Å². The Bertz CT molecular complexity index is 635. The summed E-state index contributed by atoms with van der Waals surface area (Å²) >= 11 is 0. The third-order valence-electron chi connectivity index (χ3n) is 5.18. The van der Waals surface area contributed by atoms with Crippen molar-refractivity contribution in [2.45, 2.75) is 78.3 Å². The molecule has 4 nitrogen and oxygen atoms in total. The molecule has 0 aliphatic carbocycles. The lowest BCUT2D eigenvalue weighted by Crippen LogP contribution is -2.49. The molecule has 1 aliphatic rings. The number of carbonyl (C=O) groups excluding carboxylic acids is 1. The normalized spacial score (nSPS) is 21.4. The van der Waals surface area contributed by atoms with Gasteiger partial charge in [-0.05, 0) is 34.8 Å². The highest BCUT2D eigenvalue weighted by atomic mass is 16.4. The van der Waals surface area contributed by atoms with E-state index in [9.17, 15) is 14.7 Å². The van der Waals surface area contributed by atoms with Gasteiger partial charge in [-0.2, -0.15) is 0 Å². The minimum atomic E-state index is -0.987. The molecule has 0 bridgehead atoms. The Morgan fingerprint density at radius 1 is 1.04 bits per heavy atom. The minimum absolute atomic E-state index is 0.00217. The van der Waals surface area contributed by atoms with Gasteiger partial charge in [0.05, 0.1) is 6.04 Å². The Morgan fingerprint density at radius 3 is 2.04 bits per heavy atom. The van der Waals surface area contributed by atoms with Crippen molar-refractivity contribution >= 4 is 11.9 Å². The molecule has 138 valence electrons. The molecule has 2 atom stereocenters. The summed E-state index contributed by atoms with van der Waals surface area (Å²) in [5, 5.41) is 9.63. The van der Waals surface area contributed by atoms with Crippen molar-refractivity contribution in [3.63, 3.8) is 0 Å². The van der Waals surface area contributed by atoms with Gasteiger partial charge in [0, 0.05) is 12.5 Å². The number of Topliss-reactive ketones (excluding diaryl/α,β-unsaturated/α-hetero) is 1. The Labute approximate surface area is 151 Å². The number of rotatable bonds is 3. The van der Waals surface area contributed by atoms with E-state index >= 15 is 0 Å². The van der Waals surface area contributed by atoms with Crippen molar-refractivity contribution < 1.29 is 14.7 Å². The number of ketones is 1. The monoisotopic (exact) mass is 345 g/mol. The number of likely N-dealkylation sites (tertiary alicyclic amines) is 1. The summed E-state index contributed by atoms with van der Waals surface area (Å²) < 4.78 is 0. The highest BCUT2D eigenvalue weighted by molar-refractivity contribution is 5.89. The lowest BCUT2D eigenvalue weighted by molar-refractivity contribution is -0.122. The Morgan fingerprint density at radius 2 is 1.60 bits per heavy atom. The molecule has 0 radical (unpaired) electrons. The zero-order chi connectivity index (χ0) is 19.0. The summed E-state index contributed by atoms with van der Waals surface area (Å²) in [5.41, 5.74) is 2.09. The molecular weight excluding hydrogens is 314 g/mol. The highest BCUT2D eigenvalue weighted by Crippen LogP contribution is 2.36. The van der Waals surface area contributed by atoms with Gasteiger partial charge in [-0.25, -0.2) is 4.79 Å². The molecule has 1 saturated heterocycles. The molecular formula is C21H31NO3. The van der Waals surface area contributed by atoms with Crippen molar-refractivity contribution in [1.82, 2.24) is 4.90 Å². The maximum Gasteiger partial charge on any atom is 0.408 e. The number of hydrogen-bond acceptors (Lipinski definition) is 2. The number of amides is 1. The molecule has 1 heterocycles. The zero-order valence-electron chi connectivity index (χ0n) is 16.3. The van der Waals surface area contributed by atoms with Crippen LogP contribution in [0, 0.1) is 5.41 Å². The quantitative estimate of drug-likeness (QED) is 0.867. The lowest BCUT2D eigenvalue weighted by atomic mass is 9.85. The standard InChI is InChI=1S/C21H31NO3/c1-20(2,3)15-9-7-14(8-10-15)13-17(23)16-11-12-18(21(4,5)6)22(16)19(24)25/h7-10,16,18H,11-13H2,1-6H3,(H,24,25). The van der Waals surface area contributed by atoms with Crippen molar-refractivity contribution in [1.29, 1.82) is 0 Å². The van der Waals surface area contributed by atoms with Crippen LogP contribution in [-0.4, -0.2) is 34.0 Å². The van der Waals surface area contributed by atoms with Gasteiger partial charge in [-0.3, -0.25) is 9.69 Å². The summed E-state index contributed by atoms with van der Waals surface area (Å²) in [4.78, 5) is 25.9. The molecule has 2 rings (SSSR count). The molecule has 2 unspecified atom stereocenters. The molecule has 1 amide bonds. The maximum absolute atomic E-state index is 12.8. The van der Waals surface area contributed by atoms with Gasteiger partial charge in [0.25, 0.3) is 0 Å². The van der Waals surface area contributed by atoms with E-state index in [-0.39, 0.29) is 29.1 Å². The second kappa shape index (κ2) is 6.81. The first-order valence-electron chi connectivity index (χ1n) is 9.04. The fourth-order valence-corrected chi connectivity index (χ4v) is 3.69. The van der Waals surface area contributed by atoms with Gasteiger partial charge >= 0.3 is 6.09 Å². The number of benzene rings is 1. The summed E-state index contributed by atoms with van der Waals surface area (Å²) in [6, 6.07) is 7.46.